The van der Waals surface area contributed by atoms with Gasteiger partial charge >= 0.3 is 10.0 Å². The first-order valence-electron chi connectivity index (χ1n) is 6.27. The molecule has 0 amide bonds. The van der Waals surface area contributed by atoms with E-state index in [1.165, 1.54) is 44.6 Å². The minimum absolute atomic E-state index is 0.310. The Labute approximate surface area is 98.4 Å². The van der Waals surface area contributed by atoms with Gasteiger partial charge in [-0.1, -0.05) is 51.1 Å². The second kappa shape index (κ2) is 14.3. The quantitative estimate of drug-likeness (QED) is 0.245. The molecule has 0 fully saturated rings. The van der Waals surface area contributed by atoms with Gasteiger partial charge in [0.1, 0.15) is 0 Å². The maximum atomic E-state index is 8.40. The van der Waals surface area contributed by atoms with Crippen molar-refractivity contribution in [3.05, 3.63) is 0 Å². The highest BCUT2D eigenvalue weighted by Crippen LogP contribution is 2.08. The highest BCUT2D eigenvalue weighted by atomic mass is 28.2. The molecule has 3 nitrogen and oxygen atoms in total. The maximum Gasteiger partial charge on any atom is 0.342 e. The smallest absolute Gasteiger partial charge is 0.342 e. The Kier molecular flexibility index (Phi) is 14.6. The number of hydrogen-bond acceptors (Lipinski definition) is 3. The Hall–Kier alpha value is 0.314. The molecular weight excluding hydrogens is 224 g/mol. The summed E-state index contributed by atoms with van der Waals surface area (Å²) < 4.78 is 4.50. The number of hydrogen-bond donors (Lipinski definition) is 1. The summed E-state index contributed by atoms with van der Waals surface area (Å²) in [5, 5.41) is 0. The third kappa shape index (κ3) is 14.3. The van der Waals surface area contributed by atoms with Crippen molar-refractivity contribution in [3.63, 3.8) is 0 Å². The van der Waals surface area contributed by atoms with Crippen LogP contribution in [-0.2, 0) is 9.46 Å². The van der Waals surface area contributed by atoms with Gasteiger partial charge in [0.15, 0.2) is 0 Å². The summed E-state index contributed by atoms with van der Waals surface area (Å²) in [7, 11) is -1.05. The standard InChI is InChI=1S/C10H26O3Si2/c1-14-10-8-6-4-2-3-5-7-9-12-13-15-11/h11H,2-10,14-15H2,1H3. The summed E-state index contributed by atoms with van der Waals surface area (Å²) in [6, 6.07) is 1.52. The summed E-state index contributed by atoms with van der Waals surface area (Å²) in [5.74, 6) is 0. The predicted octanol–water partition coefficient (Wildman–Crippen LogP) is 1.29. The van der Waals surface area contributed by atoms with Crippen molar-refractivity contribution in [3.8, 4) is 0 Å². The largest absolute Gasteiger partial charge is 0.414 e. The Bertz CT molecular complexity index is 103. The zero-order chi connectivity index (χ0) is 11.2. The molecule has 0 heterocycles. The highest BCUT2D eigenvalue weighted by Gasteiger charge is 1.92. The fourth-order valence-corrected chi connectivity index (χ4v) is 2.61. The van der Waals surface area contributed by atoms with Crippen molar-refractivity contribution in [2.75, 3.05) is 6.61 Å². The molecule has 1 N–H and O–H groups in total. The molecule has 0 aliphatic carbocycles. The van der Waals surface area contributed by atoms with Crippen LogP contribution in [0.1, 0.15) is 44.9 Å². The van der Waals surface area contributed by atoms with Crippen LogP contribution in [0.5, 0.6) is 0 Å². The first-order valence-corrected chi connectivity index (χ1v) is 9.89. The Morgan fingerprint density at radius 1 is 0.933 bits per heavy atom. The van der Waals surface area contributed by atoms with Gasteiger partial charge in [-0.3, -0.25) is 4.58 Å². The molecule has 0 unspecified atom stereocenters. The van der Waals surface area contributed by atoms with E-state index in [0.717, 1.165) is 6.42 Å². The van der Waals surface area contributed by atoms with Crippen LogP contribution >= 0.6 is 0 Å². The fraction of sp³-hybridized carbons (Fsp3) is 1.00. The van der Waals surface area contributed by atoms with Gasteiger partial charge in [0, 0.05) is 9.52 Å². The summed E-state index contributed by atoms with van der Waals surface area (Å²) in [6.45, 7) is 3.02. The van der Waals surface area contributed by atoms with E-state index in [4.69, 9.17) is 9.68 Å². The van der Waals surface area contributed by atoms with Gasteiger partial charge in [0.05, 0.1) is 6.61 Å². The van der Waals surface area contributed by atoms with Crippen molar-refractivity contribution >= 4 is 19.5 Å². The third-order valence-electron chi connectivity index (χ3n) is 2.47. The van der Waals surface area contributed by atoms with Crippen LogP contribution < -0.4 is 0 Å². The molecule has 0 saturated heterocycles. The molecule has 0 aromatic heterocycles. The van der Waals surface area contributed by atoms with Gasteiger partial charge in [-0.15, -0.1) is 0 Å². The van der Waals surface area contributed by atoms with Crippen molar-refractivity contribution in [2.24, 2.45) is 0 Å². The van der Waals surface area contributed by atoms with Crippen molar-refractivity contribution in [1.29, 1.82) is 0 Å². The number of rotatable bonds is 12. The van der Waals surface area contributed by atoms with E-state index in [1.54, 1.807) is 0 Å². The molecule has 92 valence electrons. The molecule has 15 heavy (non-hydrogen) atoms. The molecule has 0 aromatic rings. The molecule has 5 heteroatoms. The van der Waals surface area contributed by atoms with E-state index < -0.39 is 10.0 Å². The minimum atomic E-state index is -1.36. The molecule has 0 aliphatic rings. The van der Waals surface area contributed by atoms with E-state index in [2.05, 4.69) is 11.1 Å². The van der Waals surface area contributed by atoms with Crippen LogP contribution in [-0.4, -0.2) is 30.9 Å². The van der Waals surface area contributed by atoms with Gasteiger partial charge in [-0.25, -0.2) is 4.89 Å². The van der Waals surface area contributed by atoms with E-state index in [1.807, 2.05) is 0 Å². The van der Waals surface area contributed by atoms with Crippen molar-refractivity contribution < 1.29 is 14.3 Å². The first-order chi connectivity index (χ1) is 7.41. The van der Waals surface area contributed by atoms with Crippen LogP contribution in [0.2, 0.25) is 12.6 Å². The average molecular weight is 250 g/mol. The lowest BCUT2D eigenvalue weighted by molar-refractivity contribution is -0.217. The topological polar surface area (TPSA) is 38.7 Å². The van der Waals surface area contributed by atoms with Gasteiger partial charge in [-0.05, 0) is 6.42 Å². The minimum Gasteiger partial charge on any atom is -0.414 e. The lowest BCUT2D eigenvalue weighted by Crippen LogP contribution is -2.00. The molecule has 0 aromatic carbocycles. The van der Waals surface area contributed by atoms with E-state index in [9.17, 15) is 0 Å². The van der Waals surface area contributed by atoms with E-state index in [0.29, 0.717) is 16.1 Å². The predicted molar refractivity (Wildman–Crippen MR) is 69.3 cm³/mol. The monoisotopic (exact) mass is 250 g/mol. The van der Waals surface area contributed by atoms with Crippen LogP contribution in [0.4, 0.5) is 0 Å². The second-order valence-corrected chi connectivity index (χ2v) is 6.10. The molecule has 0 radical (unpaired) electrons. The Morgan fingerprint density at radius 3 is 2.13 bits per heavy atom. The third-order valence-corrected chi connectivity index (χ3v) is 3.95. The average Bonchev–Trinajstić information content (AvgIpc) is 2.26. The molecule has 0 saturated carbocycles. The van der Waals surface area contributed by atoms with Gasteiger partial charge in [0.2, 0.25) is 0 Å². The molecule has 0 atom stereocenters. The molecule has 0 spiro atoms. The van der Waals surface area contributed by atoms with Crippen LogP contribution in [0.3, 0.4) is 0 Å². The second-order valence-electron chi connectivity index (χ2n) is 3.90. The summed E-state index contributed by atoms with van der Waals surface area (Å²) in [5.41, 5.74) is 0. The van der Waals surface area contributed by atoms with Crippen LogP contribution in [0, 0.1) is 0 Å². The highest BCUT2D eigenvalue weighted by molar-refractivity contribution is 6.33. The molecule has 0 bridgehead atoms. The fourth-order valence-electron chi connectivity index (χ4n) is 1.57. The lowest BCUT2D eigenvalue weighted by Gasteiger charge is -2.02. The normalized spacial score (nSPS) is 12.4. The first kappa shape index (κ1) is 15.3. The summed E-state index contributed by atoms with van der Waals surface area (Å²) >= 11 is 0. The Morgan fingerprint density at radius 2 is 1.53 bits per heavy atom. The van der Waals surface area contributed by atoms with Crippen LogP contribution in [0.25, 0.3) is 0 Å². The van der Waals surface area contributed by atoms with Crippen LogP contribution in [0.15, 0.2) is 0 Å². The number of unbranched alkanes of at least 4 members (excludes halogenated alkanes) is 6. The lowest BCUT2D eigenvalue weighted by atomic mass is 10.1. The molecule has 0 aliphatic heterocycles. The molecular formula is C10H26O3Si2. The zero-order valence-electron chi connectivity index (χ0n) is 10.0. The Balaban J connectivity index is 2.81. The maximum absolute atomic E-state index is 8.40. The SMILES string of the molecule is C[SiH2]CCCCCCCCCOO[SiH2]O. The summed E-state index contributed by atoms with van der Waals surface area (Å²) in [4.78, 5) is 13.2. The van der Waals surface area contributed by atoms with E-state index in [-0.39, 0.29) is 0 Å². The van der Waals surface area contributed by atoms with Gasteiger partial charge < -0.3 is 4.80 Å². The zero-order valence-corrected chi connectivity index (χ0v) is 12.9. The van der Waals surface area contributed by atoms with Crippen molar-refractivity contribution in [2.45, 2.75) is 57.5 Å². The van der Waals surface area contributed by atoms with Crippen molar-refractivity contribution in [1.82, 2.24) is 0 Å². The van der Waals surface area contributed by atoms with E-state index >= 15 is 0 Å². The van der Waals surface area contributed by atoms with Gasteiger partial charge in [-0.2, -0.15) is 0 Å². The summed E-state index contributed by atoms with van der Waals surface area (Å²) in [6.07, 6.45) is 9.23. The molecule has 0 rings (SSSR count). The van der Waals surface area contributed by atoms with Gasteiger partial charge in [0.25, 0.3) is 0 Å².